The topological polar surface area (TPSA) is 80.5 Å². The third-order valence-electron chi connectivity index (χ3n) is 2.99. The Morgan fingerprint density at radius 3 is 2.76 bits per heavy atom. The lowest BCUT2D eigenvalue weighted by Gasteiger charge is -2.04. The minimum Gasteiger partial charge on any atom is -0.399 e. The lowest BCUT2D eigenvalue weighted by atomic mass is 10.2. The second-order valence-electron chi connectivity index (χ2n) is 4.38. The molecule has 2 N–H and O–H groups in total. The third-order valence-corrected chi connectivity index (χ3v) is 3.30. The van der Waals surface area contributed by atoms with Crippen LogP contribution >= 0.6 is 11.6 Å². The first-order valence-electron chi connectivity index (χ1n) is 6.15. The molecule has 0 bridgehead atoms. The number of halogens is 1. The Kier molecular flexibility index (Phi) is 3.30. The summed E-state index contributed by atoms with van der Waals surface area (Å²) in [5.41, 5.74) is 8.17. The quantitative estimate of drug-likeness (QED) is 0.737. The molecule has 0 saturated carbocycles. The van der Waals surface area contributed by atoms with Crippen LogP contribution in [0, 0.1) is 11.3 Å². The number of nitriles is 1. The number of aromatic nitrogens is 3. The highest BCUT2D eigenvalue weighted by atomic mass is 35.5. The van der Waals surface area contributed by atoms with Crippen molar-refractivity contribution in [2.45, 2.75) is 0 Å². The van der Waals surface area contributed by atoms with Crippen molar-refractivity contribution >= 4 is 17.3 Å². The highest BCUT2D eigenvalue weighted by Gasteiger charge is 2.11. The summed E-state index contributed by atoms with van der Waals surface area (Å²) in [6.07, 6.45) is 1.55. The number of rotatable bonds is 2. The van der Waals surface area contributed by atoms with Gasteiger partial charge in [0.25, 0.3) is 0 Å². The molecule has 0 aliphatic heterocycles. The summed E-state index contributed by atoms with van der Waals surface area (Å²) < 4.78 is 1.53. The molecule has 3 aromatic rings. The van der Waals surface area contributed by atoms with Crippen LogP contribution in [-0.2, 0) is 0 Å². The molecule has 102 valence electrons. The van der Waals surface area contributed by atoms with Crippen LogP contribution in [0.25, 0.3) is 17.1 Å². The van der Waals surface area contributed by atoms with Gasteiger partial charge >= 0.3 is 0 Å². The van der Waals surface area contributed by atoms with Crippen molar-refractivity contribution in [2.75, 3.05) is 5.73 Å². The van der Waals surface area contributed by atoms with Crippen LogP contribution in [0.4, 0.5) is 5.69 Å². The van der Waals surface area contributed by atoms with Gasteiger partial charge in [-0.2, -0.15) is 5.26 Å². The minimum atomic E-state index is 0.364. The van der Waals surface area contributed by atoms with Crippen molar-refractivity contribution in [3.05, 3.63) is 59.4 Å². The zero-order valence-electron chi connectivity index (χ0n) is 10.9. The Bertz CT molecular complexity index is 847. The van der Waals surface area contributed by atoms with Crippen molar-refractivity contribution in [3.8, 4) is 23.1 Å². The maximum Gasteiger partial charge on any atom is 0.181 e. The van der Waals surface area contributed by atoms with E-state index < -0.39 is 0 Å². The largest absolute Gasteiger partial charge is 0.399 e. The Morgan fingerprint density at radius 1 is 1.19 bits per heavy atom. The molecule has 1 heterocycles. The highest BCUT2D eigenvalue weighted by Crippen LogP contribution is 2.23. The second kappa shape index (κ2) is 5.27. The summed E-state index contributed by atoms with van der Waals surface area (Å²) in [5.74, 6) is 0.533. The molecule has 0 aliphatic carbocycles. The molecule has 0 aliphatic rings. The second-order valence-corrected chi connectivity index (χ2v) is 4.79. The molecule has 0 saturated heterocycles. The molecule has 6 heteroatoms. The van der Waals surface area contributed by atoms with E-state index in [1.807, 2.05) is 12.1 Å². The van der Waals surface area contributed by atoms with Gasteiger partial charge in [0.15, 0.2) is 5.82 Å². The maximum absolute atomic E-state index is 9.21. The zero-order valence-corrected chi connectivity index (χ0v) is 11.6. The molecule has 0 unspecified atom stereocenters. The Morgan fingerprint density at radius 2 is 2.00 bits per heavy atom. The normalized spacial score (nSPS) is 10.3. The van der Waals surface area contributed by atoms with Crippen LogP contribution in [-0.4, -0.2) is 14.8 Å². The van der Waals surface area contributed by atoms with Crippen LogP contribution < -0.4 is 5.73 Å². The van der Waals surface area contributed by atoms with Crippen molar-refractivity contribution in [3.63, 3.8) is 0 Å². The molecule has 5 nitrogen and oxygen atoms in total. The van der Waals surface area contributed by atoms with Crippen LogP contribution in [0.1, 0.15) is 5.56 Å². The van der Waals surface area contributed by atoms with Crippen LogP contribution in [0.2, 0.25) is 5.02 Å². The minimum absolute atomic E-state index is 0.364. The molecule has 0 spiro atoms. The average molecular weight is 296 g/mol. The highest BCUT2D eigenvalue weighted by molar-refractivity contribution is 6.32. The van der Waals surface area contributed by atoms with Gasteiger partial charge in [-0.1, -0.05) is 29.8 Å². The number of hydrogen-bond donors (Lipinski definition) is 1. The molecular weight excluding hydrogens is 286 g/mol. The Labute approximate surface area is 126 Å². The predicted octanol–water partition coefficient (Wildman–Crippen LogP) is 3.04. The molecule has 0 fully saturated rings. The van der Waals surface area contributed by atoms with Gasteiger partial charge in [-0.05, 0) is 24.3 Å². The summed E-state index contributed by atoms with van der Waals surface area (Å²) in [4.78, 5) is 4.25. The number of benzene rings is 2. The molecular formula is C15H10ClN5. The summed E-state index contributed by atoms with van der Waals surface area (Å²) in [5, 5.41) is 14.0. The van der Waals surface area contributed by atoms with E-state index in [1.165, 1.54) is 4.68 Å². The van der Waals surface area contributed by atoms with Gasteiger partial charge in [0.2, 0.25) is 0 Å². The van der Waals surface area contributed by atoms with E-state index in [1.54, 1.807) is 36.7 Å². The SMILES string of the molecule is N#Cc1c(Cl)cccc1-n1cnc(-c2cccc(N)c2)n1. The molecule has 0 atom stereocenters. The van der Waals surface area contributed by atoms with E-state index in [-0.39, 0.29) is 0 Å². The number of nitrogens with zero attached hydrogens (tertiary/aromatic N) is 4. The molecule has 3 rings (SSSR count). The van der Waals surface area contributed by atoms with Crippen LogP contribution in [0.15, 0.2) is 48.8 Å². The number of nitrogen functional groups attached to an aromatic ring is 1. The van der Waals surface area contributed by atoms with E-state index in [9.17, 15) is 5.26 Å². The summed E-state index contributed by atoms with van der Waals surface area (Å²) in [6.45, 7) is 0. The fraction of sp³-hybridized carbons (Fsp3) is 0. The molecule has 0 amide bonds. The fourth-order valence-electron chi connectivity index (χ4n) is 2.00. The van der Waals surface area contributed by atoms with Crippen molar-refractivity contribution in [1.82, 2.24) is 14.8 Å². The van der Waals surface area contributed by atoms with Gasteiger partial charge in [0.1, 0.15) is 12.4 Å². The van der Waals surface area contributed by atoms with E-state index in [0.29, 0.717) is 27.8 Å². The zero-order chi connectivity index (χ0) is 14.8. The molecule has 1 aromatic heterocycles. The van der Waals surface area contributed by atoms with Gasteiger partial charge < -0.3 is 5.73 Å². The summed E-state index contributed by atoms with van der Waals surface area (Å²) >= 11 is 6.02. The standard InChI is InChI=1S/C15H10ClN5/c16-13-5-2-6-14(12(13)8-17)21-9-19-15(20-21)10-3-1-4-11(18)7-10/h1-7,9H,18H2. The van der Waals surface area contributed by atoms with Crippen molar-refractivity contribution in [2.24, 2.45) is 0 Å². The smallest absolute Gasteiger partial charge is 0.181 e. The average Bonchev–Trinajstić information content (AvgIpc) is 2.96. The number of nitrogens with two attached hydrogens (primary N) is 1. The van der Waals surface area contributed by atoms with Crippen LogP contribution in [0.5, 0.6) is 0 Å². The monoisotopic (exact) mass is 295 g/mol. The van der Waals surface area contributed by atoms with Gasteiger partial charge in [0.05, 0.1) is 16.3 Å². The third kappa shape index (κ3) is 2.45. The number of hydrogen-bond acceptors (Lipinski definition) is 4. The maximum atomic E-state index is 9.21. The van der Waals surface area contributed by atoms with Crippen LogP contribution in [0.3, 0.4) is 0 Å². The first kappa shape index (κ1) is 13.2. The Balaban J connectivity index is 2.08. The molecule has 0 radical (unpaired) electrons. The van der Waals surface area contributed by atoms with E-state index in [2.05, 4.69) is 16.2 Å². The van der Waals surface area contributed by atoms with Crippen molar-refractivity contribution in [1.29, 1.82) is 5.26 Å². The van der Waals surface area contributed by atoms with Gasteiger partial charge in [-0.25, -0.2) is 9.67 Å². The first-order chi connectivity index (χ1) is 10.2. The predicted molar refractivity (Wildman–Crippen MR) is 80.9 cm³/mol. The lowest BCUT2D eigenvalue weighted by molar-refractivity contribution is 0.879. The van der Waals surface area contributed by atoms with E-state index in [4.69, 9.17) is 17.3 Å². The summed E-state index contributed by atoms with van der Waals surface area (Å²) in [7, 11) is 0. The van der Waals surface area contributed by atoms with Gasteiger partial charge in [-0.15, -0.1) is 5.10 Å². The lowest BCUT2D eigenvalue weighted by Crippen LogP contribution is -1.99. The number of anilines is 1. The van der Waals surface area contributed by atoms with Gasteiger partial charge in [-0.3, -0.25) is 0 Å². The van der Waals surface area contributed by atoms with E-state index in [0.717, 1.165) is 5.56 Å². The Hall–Kier alpha value is -2.84. The molecule has 2 aromatic carbocycles. The van der Waals surface area contributed by atoms with E-state index >= 15 is 0 Å². The first-order valence-corrected chi connectivity index (χ1v) is 6.53. The summed E-state index contributed by atoms with van der Waals surface area (Å²) in [6, 6.07) is 14.6. The molecule has 21 heavy (non-hydrogen) atoms. The van der Waals surface area contributed by atoms with Gasteiger partial charge in [0, 0.05) is 11.3 Å². The fourth-order valence-corrected chi connectivity index (χ4v) is 2.22. The van der Waals surface area contributed by atoms with Crippen molar-refractivity contribution < 1.29 is 0 Å².